The van der Waals surface area contributed by atoms with Gasteiger partial charge in [-0.3, -0.25) is 19.9 Å². The van der Waals surface area contributed by atoms with Gasteiger partial charge in [0.25, 0.3) is 5.69 Å². The summed E-state index contributed by atoms with van der Waals surface area (Å²) in [5.74, 6) is 0.664. The molecule has 0 aliphatic heterocycles. The Labute approximate surface area is 177 Å². The monoisotopic (exact) mass is 489 g/mol. The minimum absolute atomic E-state index is 0. The fourth-order valence-corrected chi connectivity index (χ4v) is 3.48. The highest BCUT2D eigenvalue weighted by molar-refractivity contribution is 14.0. The molecular weight excluding hydrogens is 461 g/mol. The first-order valence-electron chi connectivity index (χ1n) is 8.78. The summed E-state index contributed by atoms with van der Waals surface area (Å²) in [6, 6.07) is 6.61. The minimum atomic E-state index is -0.403. The highest BCUT2D eigenvalue weighted by Gasteiger charge is 2.42. The molecule has 0 unspecified atom stereocenters. The predicted octanol–water partition coefficient (Wildman–Crippen LogP) is 2.53. The fourth-order valence-electron chi connectivity index (χ4n) is 3.48. The second kappa shape index (κ2) is 10.4. The van der Waals surface area contributed by atoms with Gasteiger partial charge < -0.3 is 15.5 Å². The van der Waals surface area contributed by atoms with Gasteiger partial charge >= 0.3 is 0 Å². The van der Waals surface area contributed by atoms with Crippen LogP contribution in [-0.2, 0) is 11.3 Å². The van der Waals surface area contributed by atoms with Gasteiger partial charge in [-0.25, -0.2) is 0 Å². The number of para-hydroxylation sites is 1. The number of guanidine groups is 1. The van der Waals surface area contributed by atoms with Gasteiger partial charge in [-0.1, -0.05) is 31.0 Å². The van der Waals surface area contributed by atoms with E-state index in [4.69, 9.17) is 0 Å². The number of nitrogens with zero attached hydrogens (tertiary/aromatic N) is 3. The van der Waals surface area contributed by atoms with Crippen LogP contribution in [0.5, 0.6) is 0 Å². The molecule has 1 amide bonds. The van der Waals surface area contributed by atoms with Gasteiger partial charge in [-0.2, -0.15) is 0 Å². The van der Waals surface area contributed by atoms with Crippen molar-refractivity contribution in [2.24, 2.45) is 10.4 Å². The van der Waals surface area contributed by atoms with Crippen molar-refractivity contribution in [3.05, 3.63) is 39.9 Å². The van der Waals surface area contributed by atoms with E-state index in [0.29, 0.717) is 18.1 Å². The van der Waals surface area contributed by atoms with Gasteiger partial charge in [0, 0.05) is 45.9 Å². The zero-order chi connectivity index (χ0) is 19.2. The second-order valence-electron chi connectivity index (χ2n) is 6.85. The number of halogens is 1. The lowest BCUT2D eigenvalue weighted by atomic mass is 9.84. The molecule has 0 atom stereocenters. The first-order valence-corrected chi connectivity index (χ1v) is 8.78. The number of nitrogens with one attached hydrogen (secondary N) is 2. The van der Waals surface area contributed by atoms with E-state index in [1.165, 1.54) is 6.07 Å². The maximum absolute atomic E-state index is 12.6. The number of nitro groups is 1. The Morgan fingerprint density at radius 3 is 2.44 bits per heavy atom. The molecule has 1 aliphatic carbocycles. The van der Waals surface area contributed by atoms with Gasteiger partial charge in [-0.15, -0.1) is 24.0 Å². The summed E-state index contributed by atoms with van der Waals surface area (Å²) in [6.07, 6.45) is 3.81. The molecule has 1 saturated carbocycles. The summed E-state index contributed by atoms with van der Waals surface area (Å²) in [4.78, 5) is 29.2. The van der Waals surface area contributed by atoms with Gasteiger partial charge in [0.2, 0.25) is 5.91 Å². The van der Waals surface area contributed by atoms with Crippen LogP contribution in [0.25, 0.3) is 0 Å². The molecule has 0 spiro atoms. The van der Waals surface area contributed by atoms with E-state index in [9.17, 15) is 14.9 Å². The molecule has 0 heterocycles. The molecule has 0 bridgehead atoms. The molecule has 1 aromatic carbocycles. The number of hydrogen-bond donors (Lipinski definition) is 2. The van der Waals surface area contributed by atoms with Gasteiger partial charge in [-0.05, 0) is 12.8 Å². The average molecular weight is 489 g/mol. The highest BCUT2D eigenvalue weighted by Crippen LogP contribution is 2.38. The molecular formula is C18H28IN5O3. The molecule has 0 saturated heterocycles. The third kappa shape index (κ3) is 5.78. The summed E-state index contributed by atoms with van der Waals surface area (Å²) in [6.45, 7) is 0.784. The fraction of sp³-hybridized carbons (Fsp3) is 0.556. The van der Waals surface area contributed by atoms with Crippen LogP contribution in [0.2, 0.25) is 0 Å². The van der Waals surface area contributed by atoms with E-state index in [-0.39, 0.29) is 42.1 Å². The Bertz CT molecular complexity index is 687. The molecule has 27 heavy (non-hydrogen) atoms. The number of benzene rings is 1. The van der Waals surface area contributed by atoms with Crippen LogP contribution in [0.3, 0.4) is 0 Å². The third-order valence-corrected chi connectivity index (χ3v) is 4.87. The van der Waals surface area contributed by atoms with E-state index in [2.05, 4.69) is 15.6 Å². The number of carbonyl (C=O) groups excluding carboxylic acids is 1. The Morgan fingerprint density at radius 2 is 1.89 bits per heavy atom. The Balaban J connectivity index is 0.00000364. The van der Waals surface area contributed by atoms with E-state index < -0.39 is 10.3 Å². The highest BCUT2D eigenvalue weighted by atomic mass is 127. The van der Waals surface area contributed by atoms with E-state index in [0.717, 1.165) is 25.7 Å². The van der Waals surface area contributed by atoms with Crippen LogP contribution >= 0.6 is 24.0 Å². The molecule has 0 aromatic heterocycles. The largest absolute Gasteiger partial charge is 0.355 e. The van der Waals surface area contributed by atoms with Crippen LogP contribution in [0, 0.1) is 15.5 Å². The predicted molar refractivity (Wildman–Crippen MR) is 116 cm³/mol. The molecule has 8 nitrogen and oxygen atoms in total. The van der Waals surface area contributed by atoms with Crippen molar-refractivity contribution in [3.8, 4) is 0 Å². The van der Waals surface area contributed by atoms with Crippen LogP contribution in [0.1, 0.15) is 31.2 Å². The van der Waals surface area contributed by atoms with E-state index >= 15 is 0 Å². The second-order valence-corrected chi connectivity index (χ2v) is 6.85. The number of aliphatic imine (C=N–C) groups is 1. The molecule has 1 aromatic rings. The Morgan fingerprint density at radius 1 is 1.26 bits per heavy atom. The lowest BCUT2D eigenvalue weighted by Crippen LogP contribution is -2.49. The summed E-state index contributed by atoms with van der Waals surface area (Å²) in [5, 5.41) is 17.4. The van der Waals surface area contributed by atoms with Crippen molar-refractivity contribution in [3.63, 3.8) is 0 Å². The quantitative estimate of drug-likeness (QED) is 0.210. The summed E-state index contributed by atoms with van der Waals surface area (Å²) in [7, 11) is 5.21. The van der Waals surface area contributed by atoms with Crippen LogP contribution in [-0.4, -0.2) is 49.4 Å². The molecule has 9 heteroatoms. The van der Waals surface area contributed by atoms with Crippen molar-refractivity contribution < 1.29 is 9.72 Å². The van der Waals surface area contributed by atoms with Crippen molar-refractivity contribution in [1.82, 2.24) is 15.5 Å². The smallest absolute Gasteiger partial charge is 0.274 e. The number of amides is 1. The molecule has 2 rings (SSSR count). The zero-order valence-electron chi connectivity index (χ0n) is 16.0. The molecule has 0 radical (unpaired) electrons. The number of rotatable bonds is 6. The molecule has 2 N–H and O–H groups in total. The number of carbonyl (C=O) groups is 1. The summed E-state index contributed by atoms with van der Waals surface area (Å²) < 4.78 is 0. The third-order valence-electron chi connectivity index (χ3n) is 4.87. The summed E-state index contributed by atoms with van der Waals surface area (Å²) >= 11 is 0. The lowest BCUT2D eigenvalue weighted by molar-refractivity contribution is -0.385. The van der Waals surface area contributed by atoms with Crippen molar-refractivity contribution in [2.45, 2.75) is 32.2 Å². The first-order chi connectivity index (χ1) is 12.4. The summed E-state index contributed by atoms with van der Waals surface area (Å²) in [5.41, 5.74) is 0.255. The Kier molecular flexibility index (Phi) is 8.94. The minimum Gasteiger partial charge on any atom is -0.355 e. The van der Waals surface area contributed by atoms with E-state index in [1.807, 2.05) is 0 Å². The van der Waals surface area contributed by atoms with Gasteiger partial charge in [0.15, 0.2) is 5.96 Å². The van der Waals surface area contributed by atoms with E-state index in [1.54, 1.807) is 44.2 Å². The number of hydrogen-bond acceptors (Lipinski definition) is 4. The van der Waals surface area contributed by atoms with Crippen LogP contribution < -0.4 is 10.6 Å². The average Bonchev–Trinajstić information content (AvgIpc) is 3.11. The lowest BCUT2D eigenvalue weighted by Gasteiger charge is -2.31. The number of nitro benzene ring substituents is 1. The zero-order valence-corrected chi connectivity index (χ0v) is 18.4. The SMILES string of the molecule is CN=C(NCc1ccccc1[N+](=O)[O-])NCC1(C(=O)N(C)C)CCCC1.I. The van der Waals surface area contributed by atoms with Crippen molar-refractivity contribution in [2.75, 3.05) is 27.7 Å². The van der Waals surface area contributed by atoms with Gasteiger partial charge in [0.05, 0.1) is 10.3 Å². The molecule has 1 aliphatic rings. The topological polar surface area (TPSA) is 99.9 Å². The maximum atomic E-state index is 12.6. The van der Waals surface area contributed by atoms with Gasteiger partial charge in [0.1, 0.15) is 0 Å². The Hall–Kier alpha value is -1.91. The normalized spacial score (nSPS) is 15.6. The molecule has 1 fully saturated rings. The maximum Gasteiger partial charge on any atom is 0.274 e. The molecule has 150 valence electrons. The van der Waals surface area contributed by atoms with Crippen molar-refractivity contribution in [1.29, 1.82) is 0 Å². The van der Waals surface area contributed by atoms with Crippen LogP contribution in [0.15, 0.2) is 29.3 Å². The van der Waals surface area contributed by atoms with Crippen molar-refractivity contribution >= 4 is 41.5 Å². The standard InChI is InChI=1S/C18H27N5O3.HI/c1-19-17(20-12-14-8-4-5-9-15(14)23(25)26)21-13-18(10-6-7-11-18)16(24)22(2)3;/h4-5,8-9H,6-7,10-13H2,1-3H3,(H2,19,20,21);1H. The van der Waals surface area contributed by atoms with Crippen LogP contribution in [0.4, 0.5) is 5.69 Å². The first kappa shape index (κ1) is 23.1.